The van der Waals surface area contributed by atoms with Gasteiger partial charge in [-0.25, -0.2) is 0 Å². The number of rotatable bonds is 9. The molecule has 0 aliphatic carbocycles. The van der Waals surface area contributed by atoms with E-state index in [1.165, 1.54) is 10.4 Å². The van der Waals surface area contributed by atoms with Crippen molar-refractivity contribution in [2.24, 2.45) is 0 Å². The molecule has 1 aliphatic rings. The summed E-state index contributed by atoms with van der Waals surface area (Å²) in [6, 6.07) is 16.6. The van der Waals surface area contributed by atoms with Gasteiger partial charge in [0.15, 0.2) is 0 Å². The lowest BCUT2D eigenvalue weighted by atomic mass is 10.0. The topological polar surface area (TPSA) is 41.6 Å². The van der Waals surface area contributed by atoms with Crippen molar-refractivity contribution in [1.29, 1.82) is 0 Å². The largest absolute Gasteiger partial charge is 0.377 e. The molecule has 1 N–H and O–H groups in total. The second kappa shape index (κ2) is 10.4. The molecule has 6 heteroatoms. The normalized spacial score (nSPS) is 17.3. The van der Waals surface area contributed by atoms with Crippen LogP contribution in [0.4, 0.5) is 0 Å². The van der Waals surface area contributed by atoms with E-state index in [9.17, 15) is 4.79 Å². The van der Waals surface area contributed by atoms with Crippen molar-refractivity contribution in [2.45, 2.75) is 38.5 Å². The van der Waals surface area contributed by atoms with Gasteiger partial charge in [-0.3, -0.25) is 9.69 Å². The van der Waals surface area contributed by atoms with Gasteiger partial charge in [-0.2, -0.15) is 0 Å². The molecule has 0 bridgehead atoms. The first-order valence-electron chi connectivity index (χ1n) is 10.4. The molecule has 0 radical (unpaired) electrons. The Labute approximate surface area is 186 Å². The number of carbonyl (C=O) groups excluding carboxylic acids is 1. The van der Waals surface area contributed by atoms with Gasteiger partial charge < -0.3 is 10.1 Å². The van der Waals surface area contributed by atoms with Crippen LogP contribution < -0.4 is 5.32 Å². The van der Waals surface area contributed by atoms with Crippen molar-refractivity contribution in [3.05, 3.63) is 80.2 Å². The summed E-state index contributed by atoms with van der Waals surface area (Å²) in [6.45, 7) is 4.85. The second-order valence-electron chi connectivity index (χ2n) is 7.81. The van der Waals surface area contributed by atoms with Crippen LogP contribution in [0.2, 0.25) is 0 Å². The van der Waals surface area contributed by atoms with Crippen molar-refractivity contribution < 1.29 is 9.53 Å². The molecule has 4 rings (SSSR count). The van der Waals surface area contributed by atoms with E-state index >= 15 is 0 Å². The minimum atomic E-state index is -0.121. The Morgan fingerprint density at radius 1 is 1.17 bits per heavy atom. The summed E-state index contributed by atoms with van der Waals surface area (Å²) in [5, 5.41) is 7.43. The lowest BCUT2D eigenvalue weighted by Crippen LogP contribution is -2.41. The lowest BCUT2D eigenvalue weighted by molar-refractivity contribution is -0.123. The van der Waals surface area contributed by atoms with E-state index in [2.05, 4.69) is 70.4 Å². The predicted molar refractivity (Wildman–Crippen MR) is 124 cm³/mol. The van der Waals surface area contributed by atoms with Crippen LogP contribution in [-0.4, -0.2) is 36.6 Å². The summed E-state index contributed by atoms with van der Waals surface area (Å²) < 4.78 is 5.84. The number of nitrogens with one attached hydrogen (secondary N) is 1. The number of hydrogen-bond acceptors (Lipinski definition) is 5. The third-order valence-electron chi connectivity index (χ3n) is 5.36. The fourth-order valence-corrected chi connectivity index (χ4v) is 5.38. The number of thiophene rings is 2. The van der Waals surface area contributed by atoms with E-state index in [0.717, 1.165) is 43.0 Å². The zero-order valence-corrected chi connectivity index (χ0v) is 18.9. The summed E-state index contributed by atoms with van der Waals surface area (Å²) in [5.74, 6) is 0.0449. The highest BCUT2D eigenvalue weighted by molar-refractivity contribution is 7.10. The summed E-state index contributed by atoms with van der Waals surface area (Å²) in [5.41, 5.74) is 2.33. The highest BCUT2D eigenvalue weighted by Gasteiger charge is 2.23. The quantitative estimate of drug-likeness (QED) is 0.509. The molecule has 3 heterocycles. The summed E-state index contributed by atoms with van der Waals surface area (Å²) in [4.78, 5) is 17.8. The zero-order chi connectivity index (χ0) is 20.8. The smallest absolute Gasteiger partial charge is 0.234 e. The van der Waals surface area contributed by atoms with Crippen molar-refractivity contribution >= 4 is 28.6 Å². The average molecular weight is 441 g/mol. The van der Waals surface area contributed by atoms with Crippen LogP contribution in [-0.2, 0) is 16.1 Å². The maximum Gasteiger partial charge on any atom is 0.234 e. The summed E-state index contributed by atoms with van der Waals surface area (Å²) in [7, 11) is 0. The molecule has 0 saturated carbocycles. The van der Waals surface area contributed by atoms with Gasteiger partial charge >= 0.3 is 0 Å². The third kappa shape index (κ3) is 5.79. The maximum absolute atomic E-state index is 13.1. The van der Waals surface area contributed by atoms with Gasteiger partial charge in [0.05, 0.1) is 18.7 Å². The molecule has 3 aromatic rings. The molecule has 1 aliphatic heterocycles. The first-order valence-corrected chi connectivity index (χ1v) is 12.2. The predicted octanol–water partition coefficient (Wildman–Crippen LogP) is 5.00. The van der Waals surface area contributed by atoms with E-state index in [-0.39, 0.29) is 18.1 Å². The molecule has 2 aromatic heterocycles. The minimum absolute atomic E-state index is 0.0449. The molecule has 1 fully saturated rings. The molecule has 158 valence electrons. The first-order chi connectivity index (χ1) is 14.7. The zero-order valence-electron chi connectivity index (χ0n) is 17.3. The average Bonchev–Trinajstić information content (AvgIpc) is 3.51. The van der Waals surface area contributed by atoms with Crippen LogP contribution in [0.1, 0.15) is 39.8 Å². The fraction of sp³-hybridized carbons (Fsp3) is 0.375. The van der Waals surface area contributed by atoms with Gasteiger partial charge in [-0.1, -0.05) is 42.0 Å². The first kappa shape index (κ1) is 21.2. The van der Waals surface area contributed by atoms with Gasteiger partial charge in [0.2, 0.25) is 5.91 Å². The van der Waals surface area contributed by atoms with Crippen LogP contribution in [0.3, 0.4) is 0 Å². The highest BCUT2D eigenvalue weighted by atomic mass is 32.1. The SMILES string of the molecule is Cc1ccc([C@H](NC(=O)CN(Cc2cccs2)C[C@H]2CCCO2)c2cccs2)cc1. The molecular formula is C24H28N2O2S2. The fourth-order valence-electron chi connectivity index (χ4n) is 3.83. The van der Waals surface area contributed by atoms with Gasteiger partial charge in [0, 0.05) is 29.5 Å². The molecule has 0 unspecified atom stereocenters. The molecular weight excluding hydrogens is 412 g/mol. The molecule has 1 saturated heterocycles. The van der Waals surface area contributed by atoms with Crippen molar-refractivity contribution in [3.63, 3.8) is 0 Å². The molecule has 1 aromatic carbocycles. The van der Waals surface area contributed by atoms with Gasteiger partial charge in [0.25, 0.3) is 0 Å². The van der Waals surface area contributed by atoms with Crippen molar-refractivity contribution in [3.8, 4) is 0 Å². The molecule has 1 amide bonds. The van der Waals surface area contributed by atoms with Crippen molar-refractivity contribution in [2.75, 3.05) is 19.7 Å². The Morgan fingerprint density at radius 3 is 2.63 bits per heavy atom. The Kier molecular flexibility index (Phi) is 7.33. The molecule has 4 nitrogen and oxygen atoms in total. The Hall–Kier alpha value is -1.99. The maximum atomic E-state index is 13.1. The van der Waals surface area contributed by atoms with Crippen LogP contribution in [0.5, 0.6) is 0 Å². The number of ether oxygens (including phenoxy) is 1. The number of nitrogens with zero attached hydrogens (tertiary/aromatic N) is 1. The summed E-state index contributed by atoms with van der Waals surface area (Å²) in [6.07, 6.45) is 2.41. The Bertz CT molecular complexity index is 901. The van der Waals surface area contributed by atoms with E-state index < -0.39 is 0 Å². The van der Waals surface area contributed by atoms with Crippen LogP contribution in [0.25, 0.3) is 0 Å². The highest BCUT2D eigenvalue weighted by Crippen LogP contribution is 2.26. The van der Waals surface area contributed by atoms with Gasteiger partial charge in [0.1, 0.15) is 0 Å². The Morgan fingerprint density at radius 2 is 1.97 bits per heavy atom. The molecule has 2 atom stereocenters. The number of aryl methyl sites for hydroxylation is 1. The van der Waals surface area contributed by atoms with Crippen LogP contribution in [0.15, 0.2) is 59.3 Å². The van der Waals surface area contributed by atoms with E-state index in [1.807, 2.05) is 6.07 Å². The van der Waals surface area contributed by atoms with E-state index in [1.54, 1.807) is 22.7 Å². The molecule has 30 heavy (non-hydrogen) atoms. The monoisotopic (exact) mass is 440 g/mol. The minimum Gasteiger partial charge on any atom is -0.377 e. The van der Waals surface area contributed by atoms with Crippen LogP contribution >= 0.6 is 22.7 Å². The number of benzene rings is 1. The van der Waals surface area contributed by atoms with Gasteiger partial charge in [-0.05, 0) is 48.2 Å². The van der Waals surface area contributed by atoms with Crippen LogP contribution in [0, 0.1) is 6.92 Å². The summed E-state index contributed by atoms with van der Waals surface area (Å²) >= 11 is 3.41. The lowest BCUT2D eigenvalue weighted by Gasteiger charge is -2.26. The molecule has 0 spiro atoms. The Balaban J connectivity index is 1.46. The number of hydrogen-bond donors (Lipinski definition) is 1. The third-order valence-corrected chi connectivity index (χ3v) is 7.15. The second-order valence-corrected chi connectivity index (χ2v) is 9.82. The van der Waals surface area contributed by atoms with E-state index in [0.29, 0.717) is 6.54 Å². The number of carbonyl (C=O) groups is 1. The standard InChI is InChI=1S/C24H28N2O2S2/c1-18-8-10-19(11-9-18)24(22-7-4-14-30-22)25-23(27)17-26(15-20-5-2-12-28-20)16-21-6-3-13-29-21/h3-4,6-11,13-14,20,24H,2,5,12,15-17H2,1H3,(H,25,27)/t20-,24+/m1/s1. The number of amides is 1. The van der Waals surface area contributed by atoms with Crippen molar-refractivity contribution in [1.82, 2.24) is 10.2 Å². The van der Waals surface area contributed by atoms with Gasteiger partial charge in [-0.15, -0.1) is 22.7 Å². The van der Waals surface area contributed by atoms with E-state index in [4.69, 9.17) is 4.74 Å².